The number of hydrogen-bond donors (Lipinski definition) is 0. The zero-order valence-electron chi connectivity index (χ0n) is 8.63. The number of esters is 1. The summed E-state index contributed by atoms with van der Waals surface area (Å²) in [4.78, 5) is 11.0. The van der Waals surface area contributed by atoms with Crippen molar-refractivity contribution >= 4 is 5.97 Å². The minimum atomic E-state index is -0.117. The van der Waals surface area contributed by atoms with Crippen LogP contribution in [0.3, 0.4) is 0 Å². The number of carbonyl (C=O) groups excluding carboxylic acids is 1. The standard InChI is InChI=1S/C10H18O3/c1-4-12-9(11)6-5-8-10(2,3)7-13-8/h8H,4-7H2,1-3H3/t8-/m0/s1. The molecule has 0 N–H and O–H groups in total. The average molecular weight is 186 g/mol. The van der Waals surface area contributed by atoms with Crippen LogP contribution < -0.4 is 0 Å². The summed E-state index contributed by atoms with van der Waals surface area (Å²) in [6.45, 7) is 7.41. The van der Waals surface area contributed by atoms with Crippen molar-refractivity contribution in [1.29, 1.82) is 0 Å². The Morgan fingerprint density at radius 2 is 2.31 bits per heavy atom. The van der Waals surface area contributed by atoms with E-state index in [0.29, 0.717) is 13.0 Å². The third-order valence-corrected chi connectivity index (χ3v) is 2.44. The first-order valence-electron chi connectivity index (χ1n) is 4.83. The molecule has 1 saturated heterocycles. The van der Waals surface area contributed by atoms with Gasteiger partial charge in [-0.1, -0.05) is 13.8 Å². The molecule has 0 radical (unpaired) electrons. The molecule has 1 fully saturated rings. The Morgan fingerprint density at radius 1 is 1.62 bits per heavy atom. The third kappa shape index (κ3) is 2.69. The Labute approximate surface area is 79.4 Å². The van der Waals surface area contributed by atoms with Crippen molar-refractivity contribution in [2.24, 2.45) is 5.41 Å². The molecule has 0 bridgehead atoms. The van der Waals surface area contributed by atoms with Gasteiger partial charge in [0.25, 0.3) is 0 Å². The normalized spacial score (nSPS) is 25.0. The quantitative estimate of drug-likeness (QED) is 0.627. The SMILES string of the molecule is CCOC(=O)CC[C@@H]1OCC1(C)C. The molecule has 0 unspecified atom stereocenters. The van der Waals surface area contributed by atoms with Crippen LogP contribution in [-0.4, -0.2) is 25.3 Å². The minimum Gasteiger partial charge on any atom is -0.466 e. The maximum Gasteiger partial charge on any atom is 0.305 e. The molecule has 1 rings (SSSR count). The Balaban J connectivity index is 2.16. The van der Waals surface area contributed by atoms with E-state index < -0.39 is 0 Å². The van der Waals surface area contributed by atoms with Gasteiger partial charge in [-0.25, -0.2) is 0 Å². The fourth-order valence-corrected chi connectivity index (χ4v) is 1.49. The van der Waals surface area contributed by atoms with Crippen LogP contribution in [-0.2, 0) is 14.3 Å². The molecule has 0 saturated carbocycles. The van der Waals surface area contributed by atoms with Crippen LogP contribution in [0, 0.1) is 5.41 Å². The van der Waals surface area contributed by atoms with E-state index >= 15 is 0 Å². The van der Waals surface area contributed by atoms with Crippen LogP contribution in [0.2, 0.25) is 0 Å². The van der Waals surface area contributed by atoms with E-state index in [1.165, 1.54) is 0 Å². The molecule has 0 aromatic carbocycles. The van der Waals surface area contributed by atoms with Gasteiger partial charge >= 0.3 is 5.97 Å². The van der Waals surface area contributed by atoms with E-state index in [4.69, 9.17) is 9.47 Å². The van der Waals surface area contributed by atoms with Gasteiger partial charge < -0.3 is 9.47 Å². The Morgan fingerprint density at radius 3 is 2.69 bits per heavy atom. The van der Waals surface area contributed by atoms with Gasteiger partial charge in [-0.15, -0.1) is 0 Å². The highest BCUT2D eigenvalue weighted by Gasteiger charge is 2.39. The predicted molar refractivity (Wildman–Crippen MR) is 49.4 cm³/mol. The van der Waals surface area contributed by atoms with Crippen molar-refractivity contribution < 1.29 is 14.3 Å². The van der Waals surface area contributed by atoms with Gasteiger partial charge in [0.15, 0.2) is 0 Å². The fourth-order valence-electron chi connectivity index (χ4n) is 1.49. The van der Waals surface area contributed by atoms with Crippen molar-refractivity contribution in [3.8, 4) is 0 Å². The highest BCUT2D eigenvalue weighted by atomic mass is 16.5. The summed E-state index contributed by atoms with van der Waals surface area (Å²) in [7, 11) is 0. The van der Waals surface area contributed by atoms with Gasteiger partial charge in [0.1, 0.15) is 0 Å². The minimum absolute atomic E-state index is 0.117. The highest BCUT2D eigenvalue weighted by Crippen LogP contribution is 2.36. The highest BCUT2D eigenvalue weighted by molar-refractivity contribution is 5.69. The van der Waals surface area contributed by atoms with Crippen LogP contribution >= 0.6 is 0 Å². The van der Waals surface area contributed by atoms with E-state index in [2.05, 4.69) is 13.8 Å². The van der Waals surface area contributed by atoms with Gasteiger partial charge in [0.05, 0.1) is 19.3 Å². The van der Waals surface area contributed by atoms with Gasteiger partial charge in [-0.05, 0) is 13.3 Å². The molecular weight excluding hydrogens is 168 g/mol. The fraction of sp³-hybridized carbons (Fsp3) is 0.900. The zero-order chi connectivity index (χ0) is 9.90. The summed E-state index contributed by atoms with van der Waals surface area (Å²) in [5.74, 6) is -0.117. The second-order valence-corrected chi connectivity index (χ2v) is 4.13. The van der Waals surface area contributed by atoms with E-state index in [9.17, 15) is 4.79 Å². The zero-order valence-corrected chi connectivity index (χ0v) is 8.63. The lowest BCUT2D eigenvalue weighted by atomic mass is 9.80. The van der Waals surface area contributed by atoms with E-state index in [1.54, 1.807) is 0 Å². The molecule has 3 heteroatoms. The lowest BCUT2D eigenvalue weighted by Gasteiger charge is -2.44. The van der Waals surface area contributed by atoms with Crippen molar-refractivity contribution in [2.75, 3.05) is 13.2 Å². The van der Waals surface area contributed by atoms with Crippen molar-refractivity contribution in [3.05, 3.63) is 0 Å². The molecule has 0 aromatic rings. The summed E-state index contributed by atoms with van der Waals surface area (Å²) in [5, 5.41) is 0. The topological polar surface area (TPSA) is 35.5 Å². The Kier molecular flexibility index (Phi) is 3.31. The van der Waals surface area contributed by atoms with Crippen LogP contribution in [0.1, 0.15) is 33.6 Å². The molecule has 0 spiro atoms. The molecule has 3 nitrogen and oxygen atoms in total. The number of hydrogen-bond acceptors (Lipinski definition) is 3. The van der Waals surface area contributed by atoms with E-state index in [1.807, 2.05) is 6.92 Å². The lowest BCUT2D eigenvalue weighted by molar-refractivity contribution is -0.175. The van der Waals surface area contributed by atoms with Crippen LogP contribution in [0.5, 0.6) is 0 Å². The van der Waals surface area contributed by atoms with Crippen LogP contribution in [0.15, 0.2) is 0 Å². The van der Waals surface area contributed by atoms with Crippen molar-refractivity contribution in [1.82, 2.24) is 0 Å². The number of rotatable bonds is 4. The number of ether oxygens (including phenoxy) is 2. The largest absolute Gasteiger partial charge is 0.466 e. The molecule has 1 atom stereocenters. The first-order valence-corrected chi connectivity index (χ1v) is 4.83. The van der Waals surface area contributed by atoms with Crippen LogP contribution in [0.25, 0.3) is 0 Å². The maximum absolute atomic E-state index is 11.0. The number of carbonyl (C=O) groups is 1. The van der Waals surface area contributed by atoms with Gasteiger partial charge in [0.2, 0.25) is 0 Å². The first kappa shape index (κ1) is 10.5. The van der Waals surface area contributed by atoms with Crippen LogP contribution in [0.4, 0.5) is 0 Å². The molecular formula is C10H18O3. The molecule has 13 heavy (non-hydrogen) atoms. The second kappa shape index (κ2) is 4.09. The molecule has 0 aromatic heterocycles. The molecule has 1 aliphatic rings. The van der Waals surface area contributed by atoms with Crippen molar-refractivity contribution in [2.45, 2.75) is 39.7 Å². The molecule has 1 aliphatic heterocycles. The molecule has 76 valence electrons. The van der Waals surface area contributed by atoms with E-state index in [-0.39, 0.29) is 17.5 Å². The smallest absolute Gasteiger partial charge is 0.305 e. The summed E-state index contributed by atoms with van der Waals surface area (Å²) in [5.41, 5.74) is 0.243. The summed E-state index contributed by atoms with van der Waals surface area (Å²) in [6, 6.07) is 0. The summed E-state index contributed by atoms with van der Waals surface area (Å²) in [6.07, 6.45) is 1.49. The van der Waals surface area contributed by atoms with Gasteiger partial charge in [-0.2, -0.15) is 0 Å². The summed E-state index contributed by atoms with van der Waals surface area (Å²) < 4.78 is 10.2. The predicted octanol–water partition coefficient (Wildman–Crippen LogP) is 1.75. The van der Waals surface area contributed by atoms with E-state index in [0.717, 1.165) is 13.0 Å². The molecule has 0 amide bonds. The first-order chi connectivity index (χ1) is 6.06. The molecule has 0 aliphatic carbocycles. The Hall–Kier alpha value is -0.570. The Bertz CT molecular complexity index is 187. The maximum atomic E-state index is 11.0. The van der Waals surface area contributed by atoms with Gasteiger partial charge in [0, 0.05) is 11.8 Å². The van der Waals surface area contributed by atoms with Gasteiger partial charge in [-0.3, -0.25) is 4.79 Å². The average Bonchev–Trinajstić information content (AvgIpc) is 2.03. The van der Waals surface area contributed by atoms with Crippen molar-refractivity contribution in [3.63, 3.8) is 0 Å². The lowest BCUT2D eigenvalue weighted by Crippen LogP contribution is -2.47. The summed E-state index contributed by atoms with van der Waals surface area (Å²) >= 11 is 0. The monoisotopic (exact) mass is 186 g/mol. The third-order valence-electron chi connectivity index (χ3n) is 2.44. The molecule has 1 heterocycles. The second-order valence-electron chi connectivity index (χ2n) is 4.13.